The van der Waals surface area contributed by atoms with Gasteiger partial charge in [0.05, 0.1) is 5.75 Å². The van der Waals surface area contributed by atoms with Gasteiger partial charge >= 0.3 is 0 Å². The summed E-state index contributed by atoms with van der Waals surface area (Å²) in [5.74, 6) is 0.984. The summed E-state index contributed by atoms with van der Waals surface area (Å²) in [5.41, 5.74) is 2.44. The maximum Gasteiger partial charge on any atom is 0.234 e. The number of hydrogen-bond donors (Lipinski definition) is 1. The predicted molar refractivity (Wildman–Crippen MR) is 110 cm³/mol. The fourth-order valence-corrected chi connectivity index (χ4v) is 3.65. The number of anilines is 1. The SMILES string of the molecule is CCn1c(Cc2cccn2C)nnc1SCC(=O)Nc1ccc(C(C)=O)cc1. The molecule has 0 aliphatic heterocycles. The zero-order valence-electron chi connectivity index (χ0n) is 16.2. The molecular weight excluding hydrogens is 374 g/mol. The lowest BCUT2D eigenvalue weighted by molar-refractivity contribution is -0.113. The topological polar surface area (TPSA) is 81.8 Å². The lowest BCUT2D eigenvalue weighted by Gasteiger charge is -2.08. The van der Waals surface area contributed by atoms with Gasteiger partial charge in [-0.3, -0.25) is 9.59 Å². The number of amides is 1. The minimum atomic E-state index is -0.129. The van der Waals surface area contributed by atoms with Gasteiger partial charge in [-0.05, 0) is 50.2 Å². The Labute approximate surface area is 168 Å². The van der Waals surface area contributed by atoms with Crippen molar-refractivity contribution in [2.45, 2.75) is 32.0 Å². The van der Waals surface area contributed by atoms with Crippen molar-refractivity contribution >= 4 is 29.1 Å². The zero-order valence-corrected chi connectivity index (χ0v) is 17.0. The number of benzene rings is 1. The van der Waals surface area contributed by atoms with Gasteiger partial charge in [-0.1, -0.05) is 11.8 Å². The molecule has 1 amide bonds. The molecule has 2 heterocycles. The van der Waals surface area contributed by atoms with E-state index in [1.807, 2.05) is 30.8 Å². The molecule has 0 saturated carbocycles. The van der Waals surface area contributed by atoms with Crippen LogP contribution in [0.2, 0.25) is 0 Å². The molecule has 0 saturated heterocycles. The second-order valence-corrected chi connectivity index (χ2v) is 7.34. The number of rotatable bonds is 8. The van der Waals surface area contributed by atoms with Crippen LogP contribution in [0.25, 0.3) is 0 Å². The molecule has 8 heteroatoms. The number of Topliss-reactive ketones (excluding diaryl/α,β-unsaturated/α-hetero) is 1. The first-order valence-electron chi connectivity index (χ1n) is 9.04. The second-order valence-electron chi connectivity index (χ2n) is 6.40. The van der Waals surface area contributed by atoms with E-state index in [2.05, 4.69) is 26.1 Å². The van der Waals surface area contributed by atoms with Gasteiger partial charge in [0.1, 0.15) is 5.82 Å². The Morgan fingerprint density at radius 1 is 1.14 bits per heavy atom. The van der Waals surface area contributed by atoms with Crippen LogP contribution in [0.4, 0.5) is 5.69 Å². The number of nitrogens with one attached hydrogen (secondary N) is 1. The molecule has 0 radical (unpaired) electrons. The van der Waals surface area contributed by atoms with Gasteiger partial charge < -0.3 is 14.5 Å². The quantitative estimate of drug-likeness (QED) is 0.466. The summed E-state index contributed by atoms with van der Waals surface area (Å²) in [6.45, 7) is 4.29. The third kappa shape index (κ3) is 4.69. The van der Waals surface area contributed by atoms with Gasteiger partial charge in [-0.2, -0.15) is 0 Å². The molecule has 3 rings (SSSR count). The lowest BCUT2D eigenvalue weighted by atomic mass is 10.1. The average molecular weight is 398 g/mol. The van der Waals surface area contributed by atoms with Crippen molar-refractivity contribution in [2.24, 2.45) is 7.05 Å². The Morgan fingerprint density at radius 2 is 1.89 bits per heavy atom. The first kappa shape index (κ1) is 19.9. The third-order valence-electron chi connectivity index (χ3n) is 4.41. The Morgan fingerprint density at radius 3 is 2.50 bits per heavy atom. The standard InChI is InChI=1S/C20H23N5O2S/c1-4-25-18(12-17-6-5-11-24(17)3)22-23-20(25)28-13-19(27)21-16-9-7-15(8-10-16)14(2)26/h5-11H,4,12-13H2,1-3H3,(H,21,27). The molecule has 0 aliphatic rings. The molecule has 0 fully saturated rings. The number of carbonyl (C=O) groups excluding carboxylic acids is 2. The molecule has 0 bridgehead atoms. The lowest BCUT2D eigenvalue weighted by Crippen LogP contribution is -2.15. The number of aryl methyl sites for hydroxylation is 1. The number of hydrogen-bond acceptors (Lipinski definition) is 5. The number of thioether (sulfide) groups is 1. The van der Waals surface area contributed by atoms with Crippen molar-refractivity contribution in [3.05, 3.63) is 59.7 Å². The molecule has 2 aromatic heterocycles. The summed E-state index contributed by atoms with van der Waals surface area (Å²) in [6, 6.07) is 10.9. The van der Waals surface area contributed by atoms with Gasteiger partial charge in [0.15, 0.2) is 10.9 Å². The van der Waals surface area contributed by atoms with E-state index >= 15 is 0 Å². The maximum atomic E-state index is 12.3. The van der Waals surface area contributed by atoms with Gasteiger partial charge in [0, 0.05) is 43.2 Å². The van der Waals surface area contributed by atoms with Crippen molar-refractivity contribution in [3.63, 3.8) is 0 Å². The highest BCUT2D eigenvalue weighted by atomic mass is 32.2. The van der Waals surface area contributed by atoms with E-state index in [4.69, 9.17) is 0 Å². The maximum absolute atomic E-state index is 12.3. The van der Waals surface area contributed by atoms with Crippen molar-refractivity contribution < 1.29 is 9.59 Å². The molecule has 0 atom stereocenters. The van der Waals surface area contributed by atoms with Gasteiger partial charge in [-0.25, -0.2) is 0 Å². The minimum absolute atomic E-state index is 0.00141. The van der Waals surface area contributed by atoms with E-state index in [1.54, 1.807) is 24.3 Å². The van der Waals surface area contributed by atoms with Crippen LogP contribution in [0.3, 0.4) is 0 Å². The van der Waals surface area contributed by atoms with E-state index in [9.17, 15) is 9.59 Å². The Hall–Kier alpha value is -2.87. The molecular formula is C20H23N5O2S. The Balaban J connectivity index is 1.60. The van der Waals surface area contributed by atoms with Crippen LogP contribution in [0.1, 0.15) is 35.7 Å². The molecule has 0 aliphatic carbocycles. The number of ketones is 1. The zero-order chi connectivity index (χ0) is 20.1. The van der Waals surface area contributed by atoms with Crippen molar-refractivity contribution in [2.75, 3.05) is 11.1 Å². The Kier molecular flexibility index (Phi) is 6.30. The van der Waals surface area contributed by atoms with Crippen molar-refractivity contribution in [1.29, 1.82) is 0 Å². The van der Waals surface area contributed by atoms with E-state index < -0.39 is 0 Å². The molecule has 0 spiro atoms. The molecule has 146 valence electrons. The summed E-state index contributed by atoms with van der Waals surface area (Å²) in [7, 11) is 2.00. The van der Waals surface area contributed by atoms with Crippen LogP contribution in [0.15, 0.2) is 47.8 Å². The molecule has 0 unspecified atom stereocenters. The summed E-state index contributed by atoms with van der Waals surface area (Å²) in [4.78, 5) is 23.6. The van der Waals surface area contributed by atoms with Gasteiger partial charge in [-0.15, -0.1) is 10.2 Å². The third-order valence-corrected chi connectivity index (χ3v) is 5.37. The second kappa shape index (κ2) is 8.88. The fourth-order valence-electron chi connectivity index (χ4n) is 2.83. The number of aromatic nitrogens is 4. The smallest absolute Gasteiger partial charge is 0.234 e. The first-order valence-corrected chi connectivity index (χ1v) is 10.0. The number of carbonyl (C=O) groups is 2. The van der Waals surface area contributed by atoms with E-state index in [0.717, 1.165) is 23.2 Å². The van der Waals surface area contributed by atoms with E-state index in [0.29, 0.717) is 17.7 Å². The molecule has 1 N–H and O–H groups in total. The largest absolute Gasteiger partial charge is 0.354 e. The summed E-state index contributed by atoms with van der Waals surface area (Å²) in [5, 5.41) is 12.1. The minimum Gasteiger partial charge on any atom is -0.354 e. The monoisotopic (exact) mass is 397 g/mol. The average Bonchev–Trinajstić information content (AvgIpc) is 3.26. The first-order chi connectivity index (χ1) is 13.5. The highest BCUT2D eigenvalue weighted by Gasteiger charge is 2.14. The summed E-state index contributed by atoms with van der Waals surface area (Å²) in [6.07, 6.45) is 2.70. The fraction of sp³-hybridized carbons (Fsp3) is 0.300. The van der Waals surface area contributed by atoms with Crippen LogP contribution >= 0.6 is 11.8 Å². The van der Waals surface area contributed by atoms with Crippen LogP contribution in [0.5, 0.6) is 0 Å². The normalized spacial score (nSPS) is 10.8. The molecule has 3 aromatic rings. The molecule has 7 nitrogen and oxygen atoms in total. The van der Waals surface area contributed by atoms with Crippen LogP contribution in [-0.2, 0) is 24.8 Å². The van der Waals surface area contributed by atoms with Crippen molar-refractivity contribution in [1.82, 2.24) is 19.3 Å². The van der Waals surface area contributed by atoms with Crippen LogP contribution in [0, 0.1) is 0 Å². The molecule has 1 aromatic carbocycles. The van der Waals surface area contributed by atoms with Crippen molar-refractivity contribution in [3.8, 4) is 0 Å². The summed E-state index contributed by atoms with van der Waals surface area (Å²) >= 11 is 1.36. The highest BCUT2D eigenvalue weighted by Crippen LogP contribution is 2.19. The van der Waals surface area contributed by atoms with E-state index in [1.165, 1.54) is 18.7 Å². The molecule has 28 heavy (non-hydrogen) atoms. The predicted octanol–water partition coefficient (Wildman–Crippen LogP) is 3.16. The Bertz CT molecular complexity index is 975. The van der Waals surface area contributed by atoms with Crippen LogP contribution < -0.4 is 5.32 Å². The van der Waals surface area contributed by atoms with Gasteiger partial charge in [0.25, 0.3) is 0 Å². The summed E-state index contributed by atoms with van der Waals surface area (Å²) < 4.78 is 4.10. The van der Waals surface area contributed by atoms with Crippen LogP contribution in [-0.4, -0.2) is 36.8 Å². The van der Waals surface area contributed by atoms with E-state index in [-0.39, 0.29) is 17.4 Å². The highest BCUT2D eigenvalue weighted by molar-refractivity contribution is 7.99. The van der Waals surface area contributed by atoms with Gasteiger partial charge in [0.2, 0.25) is 5.91 Å². The number of nitrogens with zero attached hydrogens (tertiary/aromatic N) is 4.